The molecule has 164 valence electrons. The number of nitrogens with zero attached hydrogens (tertiary/aromatic N) is 4. The summed E-state index contributed by atoms with van der Waals surface area (Å²) < 4.78 is 1.60. The molecule has 3 aromatic heterocycles. The molecule has 2 aliphatic rings. The van der Waals surface area contributed by atoms with E-state index in [-0.39, 0.29) is 23.4 Å². The molecule has 7 nitrogen and oxygen atoms in total. The molecule has 3 aromatic rings. The number of aryl methyl sites for hydroxylation is 1. The maximum Gasteiger partial charge on any atom is 0.276 e. The zero-order valence-corrected chi connectivity index (χ0v) is 19.2. The van der Waals surface area contributed by atoms with Gasteiger partial charge in [-0.25, -0.2) is 9.50 Å². The van der Waals surface area contributed by atoms with Crippen LogP contribution in [0.4, 0.5) is 0 Å². The SMILES string of the molecule is Cc1ccsc1CN1CCCC1c1cc2nc3c(c(=O)n2[nH]1)CCN(C(=O)C(C)C)C3. The van der Waals surface area contributed by atoms with Crippen LogP contribution in [0.2, 0.25) is 0 Å². The van der Waals surface area contributed by atoms with Gasteiger partial charge in [-0.3, -0.25) is 19.6 Å². The van der Waals surface area contributed by atoms with Crippen LogP contribution in [0.1, 0.15) is 60.1 Å². The van der Waals surface area contributed by atoms with Crippen LogP contribution in [0, 0.1) is 12.8 Å². The van der Waals surface area contributed by atoms with Crippen molar-refractivity contribution in [2.45, 2.75) is 59.2 Å². The molecule has 0 radical (unpaired) electrons. The van der Waals surface area contributed by atoms with E-state index in [0.717, 1.165) is 42.9 Å². The van der Waals surface area contributed by atoms with Crippen LogP contribution < -0.4 is 5.56 Å². The van der Waals surface area contributed by atoms with Crippen molar-refractivity contribution in [2.24, 2.45) is 5.92 Å². The van der Waals surface area contributed by atoms with Crippen LogP contribution in [-0.4, -0.2) is 43.4 Å². The van der Waals surface area contributed by atoms with Crippen molar-refractivity contribution in [1.82, 2.24) is 24.4 Å². The Morgan fingerprint density at radius 2 is 2.19 bits per heavy atom. The topological polar surface area (TPSA) is 73.7 Å². The lowest BCUT2D eigenvalue weighted by atomic mass is 10.0. The van der Waals surface area contributed by atoms with Crippen molar-refractivity contribution < 1.29 is 4.79 Å². The molecule has 1 saturated heterocycles. The number of rotatable bonds is 4. The molecular weight excluding hydrogens is 410 g/mol. The lowest BCUT2D eigenvalue weighted by molar-refractivity contribution is -0.135. The number of carbonyl (C=O) groups excluding carboxylic acids is 1. The monoisotopic (exact) mass is 439 g/mol. The Hall–Kier alpha value is -2.45. The van der Waals surface area contributed by atoms with Gasteiger partial charge in [0.15, 0.2) is 5.65 Å². The first-order valence-corrected chi connectivity index (χ1v) is 12.0. The van der Waals surface area contributed by atoms with Crippen molar-refractivity contribution >= 4 is 22.9 Å². The van der Waals surface area contributed by atoms with Crippen molar-refractivity contribution in [3.05, 3.63) is 55.3 Å². The molecule has 1 fully saturated rings. The molecule has 0 aliphatic carbocycles. The van der Waals surface area contributed by atoms with E-state index in [2.05, 4.69) is 28.4 Å². The van der Waals surface area contributed by atoms with Crippen molar-refractivity contribution in [1.29, 1.82) is 0 Å². The molecule has 2 aliphatic heterocycles. The molecule has 0 aromatic carbocycles. The highest BCUT2D eigenvalue weighted by molar-refractivity contribution is 7.10. The van der Waals surface area contributed by atoms with Crippen molar-refractivity contribution in [3.8, 4) is 0 Å². The Labute approximate surface area is 185 Å². The van der Waals surface area contributed by atoms with Crippen LogP contribution in [0.25, 0.3) is 5.65 Å². The van der Waals surface area contributed by atoms with E-state index in [1.54, 1.807) is 4.52 Å². The van der Waals surface area contributed by atoms with Gasteiger partial charge in [0, 0.05) is 35.5 Å². The molecule has 0 spiro atoms. The van der Waals surface area contributed by atoms with E-state index in [9.17, 15) is 9.59 Å². The third kappa shape index (κ3) is 3.61. The summed E-state index contributed by atoms with van der Waals surface area (Å²) in [6, 6.07) is 4.46. The molecule has 31 heavy (non-hydrogen) atoms. The minimum Gasteiger partial charge on any atom is -0.336 e. The highest BCUT2D eigenvalue weighted by atomic mass is 32.1. The Balaban J connectivity index is 1.45. The molecule has 1 unspecified atom stereocenters. The number of hydrogen-bond acceptors (Lipinski definition) is 5. The second-order valence-electron chi connectivity index (χ2n) is 9.07. The Kier molecular flexibility index (Phi) is 5.22. The van der Waals surface area contributed by atoms with Gasteiger partial charge in [-0.1, -0.05) is 13.8 Å². The molecule has 8 heteroatoms. The third-order valence-electron chi connectivity index (χ3n) is 6.63. The highest BCUT2D eigenvalue weighted by Gasteiger charge is 2.30. The summed E-state index contributed by atoms with van der Waals surface area (Å²) in [7, 11) is 0. The fourth-order valence-corrected chi connectivity index (χ4v) is 5.78. The Morgan fingerprint density at radius 3 is 2.94 bits per heavy atom. The third-order valence-corrected chi connectivity index (χ3v) is 7.64. The summed E-state index contributed by atoms with van der Waals surface area (Å²) in [5.74, 6) is 0.0680. The van der Waals surface area contributed by atoms with E-state index in [0.29, 0.717) is 25.2 Å². The number of fused-ring (bicyclic) bond motifs is 2. The summed E-state index contributed by atoms with van der Waals surface area (Å²) in [5, 5.41) is 5.51. The van der Waals surface area contributed by atoms with E-state index in [4.69, 9.17) is 4.98 Å². The summed E-state index contributed by atoms with van der Waals surface area (Å²) in [5.41, 5.74) is 4.50. The van der Waals surface area contributed by atoms with Gasteiger partial charge >= 0.3 is 0 Å². The minimum atomic E-state index is -0.0504. The number of aromatic nitrogens is 3. The van der Waals surface area contributed by atoms with Crippen molar-refractivity contribution in [3.63, 3.8) is 0 Å². The van der Waals surface area contributed by atoms with Crippen LogP contribution in [0.5, 0.6) is 0 Å². The molecule has 5 rings (SSSR count). The number of hydrogen-bond donors (Lipinski definition) is 1. The largest absolute Gasteiger partial charge is 0.336 e. The van der Waals surface area contributed by atoms with E-state index in [1.807, 2.05) is 36.2 Å². The molecule has 1 amide bonds. The lowest BCUT2D eigenvalue weighted by Gasteiger charge is -2.29. The average molecular weight is 440 g/mol. The van der Waals surface area contributed by atoms with Gasteiger partial charge in [0.05, 0.1) is 24.0 Å². The number of aromatic amines is 1. The number of H-pyrrole nitrogens is 1. The fraction of sp³-hybridized carbons (Fsp3) is 0.522. The van der Waals surface area contributed by atoms with Gasteiger partial charge in [0.2, 0.25) is 5.91 Å². The quantitative estimate of drug-likeness (QED) is 0.677. The number of likely N-dealkylation sites (tertiary alicyclic amines) is 1. The molecule has 0 saturated carbocycles. The predicted molar refractivity (Wildman–Crippen MR) is 121 cm³/mol. The van der Waals surface area contributed by atoms with Crippen molar-refractivity contribution in [2.75, 3.05) is 13.1 Å². The second-order valence-corrected chi connectivity index (χ2v) is 10.1. The maximum absolute atomic E-state index is 13.2. The van der Waals surface area contributed by atoms with Gasteiger partial charge in [-0.15, -0.1) is 11.3 Å². The van der Waals surface area contributed by atoms with Crippen LogP contribution in [0.15, 0.2) is 22.3 Å². The molecule has 0 bridgehead atoms. The average Bonchev–Trinajstić information content (AvgIpc) is 3.48. The number of nitrogens with one attached hydrogen (secondary N) is 1. The Morgan fingerprint density at radius 1 is 1.35 bits per heavy atom. The first-order valence-electron chi connectivity index (χ1n) is 11.1. The normalized spacial score (nSPS) is 19.5. The highest BCUT2D eigenvalue weighted by Crippen LogP contribution is 2.34. The first kappa shape index (κ1) is 20.5. The molecule has 5 heterocycles. The van der Waals surface area contributed by atoms with Crippen LogP contribution in [-0.2, 0) is 24.3 Å². The minimum absolute atomic E-state index is 0.0263. The fourth-order valence-electron chi connectivity index (χ4n) is 4.85. The lowest BCUT2D eigenvalue weighted by Crippen LogP contribution is -2.41. The molecule has 1 atom stereocenters. The zero-order valence-electron chi connectivity index (χ0n) is 18.4. The second kappa shape index (κ2) is 7.91. The number of carbonyl (C=O) groups is 1. The van der Waals surface area contributed by atoms with Crippen LogP contribution in [0.3, 0.4) is 0 Å². The van der Waals surface area contributed by atoms with E-state index < -0.39 is 0 Å². The first-order chi connectivity index (χ1) is 14.9. The molecular formula is C23H29N5O2S. The Bertz CT molecular complexity index is 1190. The van der Waals surface area contributed by atoms with Gasteiger partial charge in [0.1, 0.15) is 0 Å². The van der Waals surface area contributed by atoms with Crippen LogP contribution >= 0.6 is 11.3 Å². The maximum atomic E-state index is 13.2. The van der Waals surface area contributed by atoms with E-state index >= 15 is 0 Å². The summed E-state index contributed by atoms with van der Waals surface area (Å²) in [6.45, 7) is 8.99. The van der Waals surface area contributed by atoms with Gasteiger partial charge in [-0.2, -0.15) is 0 Å². The number of thiophene rings is 1. The zero-order chi connectivity index (χ0) is 21.7. The van der Waals surface area contributed by atoms with Gasteiger partial charge in [-0.05, 0) is 49.7 Å². The summed E-state index contributed by atoms with van der Waals surface area (Å²) in [4.78, 5) is 36.1. The number of amides is 1. The molecule has 1 N–H and O–H groups in total. The summed E-state index contributed by atoms with van der Waals surface area (Å²) in [6.07, 6.45) is 2.78. The van der Waals surface area contributed by atoms with Gasteiger partial charge in [0.25, 0.3) is 5.56 Å². The summed E-state index contributed by atoms with van der Waals surface area (Å²) >= 11 is 1.81. The van der Waals surface area contributed by atoms with Gasteiger partial charge < -0.3 is 4.90 Å². The van der Waals surface area contributed by atoms with E-state index in [1.165, 1.54) is 10.4 Å². The smallest absolute Gasteiger partial charge is 0.276 e. The standard InChI is InChI=1S/C23H29N5O2S/c1-14(2)22(29)27-9-6-16-18(12-27)24-21-11-17(25-28(21)23(16)30)19-5-4-8-26(19)13-20-15(3)7-10-31-20/h7,10-11,14,19,25H,4-6,8-9,12-13H2,1-3H3. The predicted octanol–water partition coefficient (Wildman–Crippen LogP) is 3.27.